The number of carbonyl (C=O) groups excluding carboxylic acids is 1. The largest absolute Gasteiger partial charge is 0.435 e. The number of nitrogens with zero attached hydrogens (tertiary/aromatic N) is 1. The molecule has 0 atom stereocenters. The standard InChI is InChI=1S/C18H19ClF2N2O2/c1-23(12-13-4-2-7-16(10-13)25-18(20)21)9-8-17(24)22-15-6-3-5-14(19)11-15/h2-7,10-11,18H,8-9,12H2,1H3,(H,22,24). The number of benzene rings is 2. The molecule has 0 spiro atoms. The fourth-order valence-electron chi connectivity index (χ4n) is 2.29. The smallest absolute Gasteiger partial charge is 0.387 e. The molecule has 2 aromatic rings. The van der Waals surface area contributed by atoms with Crippen molar-refractivity contribution < 1.29 is 18.3 Å². The molecule has 0 bridgehead atoms. The third-order valence-electron chi connectivity index (χ3n) is 3.41. The SMILES string of the molecule is CN(CCC(=O)Nc1cccc(Cl)c1)Cc1cccc(OC(F)F)c1. The van der Waals surface area contributed by atoms with E-state index in [2.05, 4.69) is 10.1 Å². The number of alkyl halides is 2. The molecule has 0 radical (unpaired) electrons. The van der Waals surface area contributed by atoms with Crippen LogP contribution in [-0.2, 0) is 11.3 Å². The van der Waals surface area contributed by atoms with E-state index in [0.717, 1.165) is 5.56 Å². The van der Waals surface area contributed by atoms with Gasteiger partial charge in [0.25, 0.3) is 0 Å². The van der Waals surface area contributed by atoms with Gasteiger partial charge in [-0.15, -0.1) is 0 Å². The molecule has 0 unspecified atom stereocenters. The van der Waals surface area contributed by atoms with Crippen molar-refractivity contribution in [1.82, 2.24) is 4.90 Å². The predicted octanol–water partition coefficient (Wildman–Crippen LogP) is 4.40. The number of hydrogen-bond acceptors (Lipinski definition) is 3. The normalized spacial score (nSPS) is 11.0. The number of rotatable bonds is 8. The fraction of sp³-hybridized carbons (Fsp3) is 0.278. The molecule has 2 aromatic carbocycles. The predicted molar refractivity (Wildman–Crippen MR) is 94.1 cm³/mol. The van der Waals surface area contributed by atoms with Crippen LogP contribution in [0.15, 0.2) is 48.5 Å². The molecule has 4 nitrogen and oxygen atoms in total. The minimum atomic E-state index is -2.84. The first-order chi connectivity index (χ1) is 11.9. The molecule has 1 amide bonds. The van der Waals surface area contributed by atoms with Gasteiger partial charge in [-0.1, -0.05) is 29.8 Å². The number of amides is 1. The van der Waals surface area contributed by atoms with E-state index in [-0.39, 0.29) is 11.7 Å². The van der Waals surface area contributed by atoms with E-state index in [4.69, 9.17) is 11.6 Å². The highest BCUT2D eigenvalue weighted by Crippen LogP contribution is 2.17. The number of halogens is 3. The van der Waals surface area contributed by atoms with E-state index in [1.165, 1.54) is 6.07 Å². The molecule has 0 heterocycles. The number of hydrogen-bond donors (Lipinski definition) is 1. The van der Waals surface area contributed by atoms with E-state index in [0.29, 0.717) is 30.2 Å². The molecule has 0 saturated carbocycles. The Morgan fingerprint density at radius 1 is 1.24 bits per heavy atom. The zero-order chi connectivity index (χ0) is 18.2. The molecule has 1 N–H and O–H groups in total. The lowest BCUT2D eigenvalue weighted by Gasteiger charge is -2.17. The maximum atomic E-state index is 12.2. The first-order valence-corrected chi connectivity index (χ1v) is 8.08. The zero-order valence-corrected chi connectivity index (χ0v) is 14.5. The van der Waals surface area contributed by atoms with Crippen molar-refractivity contribution in [1.29, 1.82) is 0 Å². The van der Waals surface area contributed by atoms with Gasteiger partial charge >= 0.3 is 6.61 Å². The Morgan fingerprint density at radius 3 is 2.72 bits per heavy atom. The lowest BCUT2D eigenvalue weighted by molar-refractivity contribution is -0.116. The molecule has 0 aliphatic carbocycles. The second kappa shape index (κ2) is 9.34. The van der Waals surface area contributed by atoms with Crippen LogP contribution < -0.4 is 10.1 Å². The summed E-state index contributed by atoms with van der Waals surface area (Å²) in [5.41, 5.74) is 1.48. The zero-order valence-electron chi connectivity index (χ0n) is 13.7. The monoisotopic (exact) mass is 368 g/mol. The molecule has 0 aliphatic heterocycles. The van der Waals surface area contributed by atoms with Gasteiger partial charge in [0.15, 0.2) is 0 Å². The van der Waals surface area contributed by atoms with E-state index in [1.54, 1.807) is 36.4 Å². The van der Waals surface area contributed by atoms with Crippen molar-refractivity contribution in [2.45, 2.75) is 19.6 Å². The van der Waals surface area contributed by atoms with Crippen LogP contribution in [0.1, 0.15) is 12.0 Å². The lowest BCUT2D eigenvalue weighted by atomic mass is 10.2. The summed E-state index contributed by atoms with van der Waals surface area (Å²) in [6, 6.07) is 13.5. The maximum Gasteiger partial charge on any atom is 0.387 e. The molecule has 25 heavy (non-hydrogen) atoms. The summed E-state index contributed by atoms with van der Waals surface area (Å²) < 4.78 is 28.9. The van der Waals surface area contributed by atoms with Crippen LogP contribution in [0.2, 0.25) is 5.02 Å². The van der Waals surface area contributed by atoms with Crippen molar-refractivity contribution >= 4 is 23.2 Å². The Balaban J connectivity index is 1.80. The van der Waals surface area contributed by atoms with Gasteiger partial charge in [-0.2, -0.15) is 8.78 Å². The molecular formula is C18H19ClF2N2O2. The summed E-state index contributed by atoms with van der Waals surface area (Å²) in [6.07, 6.45) is 0.302. The summed E-state index contributed by atoms with van der Waals surface area (Å²) >= 11 is 5.87. The summed E-state index contributed by atoms with van der Waals surface area (Å²) in [4.78, 5) is 13.9. The number of carbonyl (C=O) groups is 1. The molecule has 134 valence electrons. The van der Waals surface area contributed by atoms with Gasteiger partial charge in [0.2, 0.25) is 5.91 Å². The molecule has 0 aliphatic rings. The van der Waals surface area contributed by atoms with E-state index in [1.807, 2.05) is 18.0 Å². The quantitative estimate of drug-likeness (QED) is 0.750. The molecule has 0 fully saturated rings. The number of anilines is 1. The molecule has 0 aromatic heterocycles. The topological polar surface area (TPSA) is 41.6 Å². The number of ether oxygens (including phenoxy) is 1. The highest BCUT2D eigenvalue weighted by molar-refractivity contribution is 6.30. The third kappa shape index (κ3) is 7.07. The van der Waals surface area contributed by atoms with Crippen molar-refractivity contribution in [2.24, 2.45) is 0 Å². The van der Waals surface area contributed by atoms with Crippen LogP contribution in [0.5, 0.6) is 5.75 Å². The van der Waals surface area contributed by atoms with Gasteiger partial charge < -0.3 is 15.0 Å². The minimum absolute atomic E-state index is 0.121. The first-order valence-electron chi connectivity index (χ1n) is 7.70. The van der Waals surface area contributed by atoms with E-state index in [9.17, 15) is 13.6 Å². The van der Waals surface area contributed by atoms with Gasteiger partial charge in [0.05, 0.1) is 0 Å². The van der Waals surface area contributed by atoms with Gasteiger partial charge in [-0.25, -0.2) is 0 Å². The van der Waals surface area contributed by atoms with Gasteiger partial charge in [-0.05, 0) is 42.9 Å². The fourth-order valence-corrected chi connectivity index (χ4v) is 2.48. The molecule has 2 rings (SSSR count). The summed E-state index contributed by atoms with van der Waals surface area (Å²) in [5.74, 6) is 0.00324. The maximum absolute atomic E-state index is 12.2. The van der Waals surface area contributed by atoms with Crippen LogP contribution in [-0.4, -0.2) is 31.0 Å². The van der Waals surface area contributed by atoms with Crippen molar-refractivity contribution in [3.05, 3.63) is 59.1 Å². The summed E-state index contributed by atoms with van der Waals surface area (Å²) in [5, 5.41) is 3.34. The first kappa shape index (κ1) is 19.1. The van der Waals surface area contributed by atoms with Gasteiger partial charge in [0, 0.05) is 30.2 Å². The van der Waals surface area contributed by atoms with Gasteiger partial charge in [0.1, 0.15) is 5.75 Å². The Kier molecular flexibility index (Phi) is 7.16. The minimum Gasteiger partial charge on any atom is -0.435 e. The van der Waals surface area contributed by atoms with Crippen molar-refractivity contribution in [3.8, 4) is 5.75 Å². The van der Waals surface area contributed by atoms with Crippen molar-refractivity contribution in [3.63, 3.8) is 0 Å². The molecular weight excluding hydrogens is 350 g/mol. The van der Waals surface area contributed by atoms with Gasteiger partial charge in [-0.3, -0.25) is 4.79 Å². The van der Waals surface area contributed by atoms with E-state index >= 15 is 0 Å². The Hall–Kier alpha value is -2.18. The second-order valence-electron chi connectivity index (χ2n) is 5.57. The van der Waals surface area contributed by atoms with Crippen LogP contribution in [0.25, 0.3) is 0 Å². The highest BCUT2D eigenvalue weighted by atomic mass is 35.5. The van der Waals surface area contributed by atoms with Crippen LogP contribution in [0.3, 0.4) is 0 Å². The van der Waals surface area contributed by atoms with Crippen LogP contribution in [0.4, 0.5) is 14.5 Å². The lowest BCUT2D eigenvalue weighted by Crippen LogP contribution is -2.24. The third-order valence-corrected chi connectivity index (χ3v) is 3.64. The molecule has 0 saturated heterocycles. The summed E-state index contributed by atoms with van der Waals surface area (Å²) in [6.45, 7) is -1.81. The second-order valence-corrected chi connectivity index (χ2v) is 6.01. The average Bonchev–Trinajstić information content (AvgIpc) is 2.53. The average molecular weight is 369 g/mol. The molecule has 7 heteroatoms. The van der Waals surface area contributed by atoms with Crippen LogP contribution >= 0.6 is 11.6 Å². The number of nitrogens with one attached hydrogen (secondary N) is 1. The van der Waals surface area contributed by atoms with Crippen LogP contribution in [0, 0.1) is 0 Å². The summed E-state index contributed by atoms with van der Waals surface area (Å²) in [7, 11) is 1.85. The Bertz CT molecular complexity index is 713. The van der Waals surface area contributed by atoms with E-state index < -0.39 is 6.61 Å². The highest BCUT2D eigenvalue weighted by Gasteiger charge is 2.08. The Labute approximate surface area is 150 Å². The Morgan fingerprint density at radius 2 is 2.00 bits per heavy atom. The van der Waals surface area contributed by atoms with Crippen molar-refractivity contribution in [2.75, 3.05) is 18.9 Å².